The van der Waals surface area contributed by atoms with Crippen molar-refractivity contribution in [1.29, 1.82) is 0 Å². The van der Waals surface area contributed by atoms with Gasteiger partial charge in [-0.3, -0.25) is 19.3 Å². The molecule has 1 aliphatic heterocycles. The molecule has 0 spiro atoms. The number of hydrogen-bond donors (Lipinski definition) is 1. The van der Waals surface area contributed by atoms with Gasteiger partial charge in [0.25, 0.3) is 11.8 Å². The van der Waals surface area contributed by atoms with Crippen molar-refractivity contribution in [3.8, 4) is 0 Å². The van der Waals surface area contributed by atoms with Gasteiger partial charge in [-0.05, 0) is 43.2 Å². The van der Waals surface area contributed by atoms with E-state index in [0.717, 1.165) is 6.42 Å². The van der Waals surface area contributed by atoms with E-state index in [-0.39, 0.29) is 17.7 Å². The first kappa shape index (κ1) is 18.1. The summed E-state index contributed by atoms with van der Waals surface area (Å²) in [6, 6.07) is 13.9. The van der Waals surface area contributed by atoms with E-state index in [1.165, 1.54) is 4.90 Å². The van der Waals surface area contributed by atoms with Crippen molar-refractivity contribution in [3.63, 3.8) is 0 Å². The maximum atomic E-state index is 12.2. The van der Waals surface area contributed by atoms with Crippen LogP contribution in [0.15, 0.2) is 48.5 Å². The number of nitrogens with zero attached hydrogens (tertiary/aromatic N) is 1. The molecule has 0 radical (unpaired) electrons. The molecule has 0 unspecified atom stereocenters. The van der Waals surface area contributed by atoms with Gasteiger partial charge in [0.15, 0.2) is 0 Å². The second-order valence-electron chi connectivity index (χ2n) is 6.18. The van der Waals surface area contributed by atoms with E-state index in [9.17, 15) is 14.4 Å². The third-order valence-corrected chi connectivity index (χ3v) is 4.51. The van der Waals surface area contributed by atoms with Crippen LogP contribution in [-0.4, -0.2) is 29.2 Å². The molecule has 0 atom stereocenters. The third-order valence-electron chi connectivity index (χ3n) is 4.27. The number of halogens is 1. The molecule has 2 aromatic rings. The number of carbonyl (C=O) groups is 3. The van der Waals surface area contributed by atoms with Crippen molar-refractivity contribution in [2.75, 3.05) is 11.9 Å². The average molecular weight is 371 g/mol. The van der Waals surface area contributed by atoms with Crippen LogP contribution in [0.1, 0.15) is 46.4 Å². The summed E-state index contributed by atoms with van der Waals surface area (Å²) in [6.45, 7) is 0.377. The summed E-state index contributed by atoms with van der Waals surface area (Å²) in [5.74, 6) is -0.540. The molecule has 1 heterocycles. The lowest BCUT2D eigenvalue weighted by molar-refractivity contribution is -0.116. The lowest BCUT2D eigenvalue weighted by Gasteiger charge is -2.13. The summed E-state index contributed by atoms with van der Waals surface area (Å²) in [4.78, 5) is 37.7. The van der Waals surface area contributed by atoms with Crippen molar-refractivity contribution in [1.82, 2.24) is 4.90 Å². The number of anilines is 1. The third kappa shape index (κ3) is 4.11. The minimum absolute atomic E-state index is 0.0759. The normalized spacial score (nSPS) is 13.0. The first-order chi connectivity index (χ1) is 12.6. The van der Waals surface area contributed by atoms with E-state index < -0.39 is 0 Å². The van der Waals surface area contributed by atoms with Gasteiger partial charge in [0.2, 0.25) is 5.91 Å². The first-order valence-corrected chi connectivity index (χ1v) is 8.95. The van der Waals surface area contributed by atoms with Crippen LogP contribution in [-0.2, 0) is 4.79 Å². The molecule has 6 heteroatoms. The Bertz CT molecular complexity index is 815. The van der Waals surface area contributed by atoms with Crippen LogP contribution in [0.25, 0.3) is 0 Å². The molecule has 26 heavy (non-hydrogen) atoms. The standard InChI is InChI=1S/C20H19ClN2O3/c21-14-7-6-8-15(13-14)22-18(24)11-2-1-5-12-23-19(25)16-9-3-4-10-17(16)20(23)26/h3-4,6-10,13H,1-2,5,11-12H2,(H,22,24). The van der Waals surface area contributed by atoms with Gasteiger partial charge in [-0.1, -0.05) is 36.2 Å². The van der Waals surface area contributed by atoms with Crippen LogP contribution >= 0.6 is 11.6 Å². The Balaban J connectivity index is 1.39. The lowest BCUT2D eigenvalue weighted by Crippen LogP contribution is -2.30. The highest BCUT2D eigenvalue weighted by atomic mass is 35.5. The number of rotatable bonds is 7. The molecule has 0 saturated carbocycles. The Morgan fingerprint density at radius 2 is 1.62 bits per heavy atom. The molecule has 5 nitrogen and oxygen atoms in total. The maximum Gasteiger partial charge on any atom is 0.261 e. The van der Waals surface area contributed by atoms with Crippen LogP contribution in [0.5, 0.6) is 0 Å². The largest absolute Gasteiger partial charge is 0.326 e. The minimum Gasteiger partial charge on any atom is -0.326 e. The molecule has 0 fully saturated rings. The minimum atomic E-state index is -0.232. The van der Waals surface area contributed by atoms with E-state index in [1.807, 2.05) is 0 Å². The van der Waals surface area contributed by atoms with Gasteiger partial charge in [-0.2, -0.15) is 0 Å². The summed E-state index contributed by atoms with van der Waals surface area (Å²) in [7, 11) is 0. The number of amides is 3. The van der Waals surface area contributed by atoms with E-state index in [2.05, 4.69) is 5.32 Å². The van der Waals surface area contributed by atoms with E-state index in [0.29, 0.717) is 47.6 Å². The summed E-state index contributed by atoms with van der Waals surface area (Å²) in [5, 5.41) is 3.37. The van der Waals surface area contributed by atoms with Gasteiger partial charge < -0.3 is 5.32 Å². The Morgan fingerprint density at radius 1 is 0.923 bits per heavy atom. The molecule has 134 valence electrons. The van der Waals surface area contributed by atoms with Gasteiger partial charge in [0.05, 0.1) is 11.1 Å². The quantitative estimate of drug-likeness (QED) is 0.588. The van der Waals surface area contributed by atoms with Crippen LogP contribution in [0.3, 0.4) is 0 Å². The van der Waals surface area contributed by atoms with Gasteiger partial charge in [0, 0.05) is 23.7 Å². The predicted octanol–water partition coefficient (Wildman–Crippen LogP) is 4.14. The molecule has 0 bridgehead atoms. The van der Waals surface area contributed by atoms with Gasteiger partial charge in [0.1, 0.15) is 0 Å². The second-order valence-corrected chi connectivity index (χ2v) is 6.61. The fraction of sp³-hybridized carbons (Fsp3) is 0.250. The van der Waals surface area contributed by atoms with Crippen molar-refractivity contribution >= 4 is 35.0 Å². The Labute approximate surface area is 156 Å². The molecule has 0 saturated heterocycles. The zero-order chi connectivity index (χ0) is 18.5. The van der Waals surface area contributed by atoms with Crippen LogP contribution in [0.2, 0.25) is 5.02 Å². The predicted molar refractivity (Wildman–Crippen MR) is 100 cm³/mol. The van der Waals surface area contributed by atoms with Crippen molar-refractivity contribution < 1.29 is 14.4 Å². The zero-order valence-corrected chi connectivity index (χ0v) is 15.0. The molecular weight excluding hydrogens is 352 g/mol. The summed E-state index contributed by atoms with van der Waals surface area (Å²) in [6.07, 6.45) is 2.51. The number of benzene rings is 2. The second kappa shape index (κ2) is 8.15. The smallest absolute Gasteiger partial charge is 0.261 e. The number of hydrogen-bond acceptors (Lipinski definition) is 3. The van der Waals surface area contributed by atoms with E-state index >= 15 is 0 Å². The fourth-order valence-electron chi connectivity index (χ4n) is 2.96. The van der Waals surface area contributed by atoms with Crippen molar-refractivity contribution in [2.24, 2.45) is 0 Å². The first-order valence-electron chi connectivity index (χ1n) is 8.57. The molecule has 0 aliphatic carbocycles. The topological polar surface area (TPSA) is 66.5 Å². The van der Waals surface area contributed by atoms with Gasteiger partial charge in [-0.25, -0.2) is 0 Å². The van der Waals surface area contributed by atoms with Crippen molar-refractivity contribution in [3.05, 3.63) is 64.7 Å². The fourth-order valence-corrected chi connectivity index (χ4v) is 3.15. The summed E-state index contributed by atoms with van der Waals surface area (Å²) >= 11 is 5.88. The van der Waals surface area contributed by atoms with Crippen LogP contribution in [0, 0.1) is 0 Å². The van der Waals surface area contributed by atoms with Crippen LogP contribution in [0.4, 0.5) is 5.69 Å². The zero-order valence-electron chi connectivity index (χ0n) is 14.2. The Morgan fingerprint density at radius 3 is 2.27 bits per heavy atom. The highest BCUT2D eigenvalue weighted by Gasteiger charge is 2.34. The van der Waals surface area contributed by atoms with Crippen LogP contribution < -0.4 is 5.32 Å². The molecular formula is C20H19ClN2O3. The van der Waals surface area contributed by atoms with E-state index in [4.69, 9.17) is 11.6 Å². The Hall–Kier alpha value is -2.66. The highest BCUT2D eigenvalue weighted by molar-refractivity contribution is 6.30. The van der Waals surface area contributed by atoms with Crippen molar-refractivity contribution in [2.45, 2.75) is 25.7 Å². The molecule has 1 N–H and O–H groups in total. The number of imide groups is 1. The number of nitrogens with one attached hydrogen (secondary N) is 1. The maximum absolute atomic E-state index is 12.2. The summed E-state index contributed by atoms with van der Waals surface area (Å²) in [5.41, 5.74) is 1.62. The Kier molecular flexibility index (Phi) is 5.68. The highest BCUT2D eigenvalue weighted by Crippen LogP contribution is 2.23. The molecule has 3 amide bonds. The van der Waals surface area contributed by atoms with Gasteiger partial charge in [-0.15, -0.1) is 0 Å². The molecule has 3 rings (SSSR count). The number of unbranched alkanes of at least 4 members (excludes halogenated alkanes) is 2. The molecule has 1 aliphatic rings. The number of fused-ring (bicyclic) bond motifs is 1. The summed E-state index contributed by atoms with van der Waals surface area (Å²) < 4.78 is 0. The number of carbonyl (C=O) groups excluding carboxylic acids is 3. The molecule has 0 aromatic heterocycles. The van der Waals surface area contributed by atoms with Gasteiger partial charge >= 0.3 is 0 Å². The average Bonchev–Trinajstić information content (AvgIpc) is 2.86. The SMILES string of the molecule is O=C(CCCCCN1C(=O)c2ccccc2C1=O)Nc1cccc(Cl)c1. The monoisotopic (exact) mass is 370 g/mol. The van der Waals surface area contributed by atoms with E-state index in [1.54, 1.807) is 48.5 Å². The lowest BCUT2D eigenvalue weighted by atomic mass is 10.1. The molecule has 2 aromatic carbocycles.